The van der Waals surface area contributed by atoms with Gasteiger partial charge in [0.25, 0.3) is 0 Å². The zero-order chi connectivity index (χ0) is 18.5. The van der Waals surface area contributed by atoms with E-state index in [0.29, 0.717) is 18.1 Å². The lowest BCUT2D eigenvalue weighted by Crippen LogP contribution is -2.29. The summed E-state index contributed by atoms with van der Waals surface area (Å²) in [6, 6.07) is 8.71. The van der Waals surface area contributed by atoms with E-state index in [2.05, 4.69) is 36.6 Å². The van der Waals surface area contributed by atoms with Crippen LogP contribution in [0.15, 0.2) is 40.6 Å². The first-order valence-corrected chi connectivity index (χ1v) is 10.2. The topological polar surface area (TPSA) is 41.5 Å². The number of carbonyl (C=O) groups is 1. The van der Waals surface area contributed by atoms with Crippen LogP contribution in [0.1, 0.15) is 76.8 Å². The molecule has 1 aliphatic carbocycles. The van der Waals surface area contributed by atoms with E-state index in [9.17, 15) is 4.79 Å². The maximum Gasteiger partial charge on any atom is 0.135 e. The molecule has 1 heterocycles. The van der Waals surface area contributed by atoms with Gasteiger partial charge < -0.3 is 0 Å². The quantitative estimate of drug-likeness (QED) is 0.771. The van der Waals surface area contributed by atoms with Crippen molar-refractivity contribution < 1.29 is 4.79 Å². The molecule has 0 radical (unpaired) electrons. The zero-order valence-corrected chi connectivity index (χ0v) is 16.5. The highest BCUT2D eigenvalue weighted by molar-refractivity contribution is 6.04. The first-order valence-electron chi connectivity index (χ1n) is 10.2. The van der Waals surface area contributed by atoms with Crippen LogP contribution in [0.4, 0.5) is 0 Å². The summed E-state index contributed by atoms with van der Waals surface area (Å²) in [5.74, 6) is 0.935. The van der Waals surface area contributed by atoms with Crippen LogP contribution in [-0.4, -0.2) is 11.5 Å². The van der Waals surface area contributed by atoms with Crippen LogP contribution in [0.2, 0.25) is 0 Å². The molecule has 1 aromatic rings. The summed E-state index contributed by atoms with van der Waals surface area (Å²) in [6.07, 6.45) is 9.13. The van der Waals surface area contributed by atoms with Crippen molar-refractivity contribution in [1.29, 1.82) is 0 Å². The molecular formula is C23H32N2O. The van der Waals surface area contributed by atoms with Gasteiger partial charge in [0.1, 0.15) is 5.78 Å². The molecule has 0 aromatic heterocycles. The van der Waals surface area contributed by atoms with E-state index in [1.54, 1.807) is 5.57 Å². The second-order valence-electron chi connectivity index (χ2n) is 8.08. The molecule has 1 fully saturated rings. The summed E-state index contributed by atoms with van der Waals surface area (Å²) in [5, 5.41) is 4.72. The summed E-state index contributed by atoms with van der Waals surface area (Å²) < 4.78 is 0. The Hall–Kier alpha value is -1.90. The monoisotopic (exact) mass is 352 g/mol. The Morgan fingerprint density at radius 2 is 1.88 bits per heavy atom. The normalized spacial score (nSPS) is 20.8. The molecular weight excluding hydrogens is 320 g/mol. The smallest absolute Gasteiger partial charge is 0.135 e. The number of ketones is 1. The average molecular weight is 353 g/mol. The van der Waals surface area contributed by atoms with Crippen molar-refractivity contribution >= 4 is 11.5 Å². The van der Waals surface area contributed by atoms with Gasteiger partial charge in [0.05, 0.1) is 5.71 Å². The number of nitrogens with zero attached hydrogens (tertiary/aromatic N) is 1. The molecule has 1 atom stereocenters. The van der Waals surface area contributed by atoms with E-state index in [-0.39, 0.29) is 5.92 Å². The molecule has 3 nitrogen and oxygen atoms in total. The molecule has 1 N–H and O–H groups in total. The number of benzene rings is 1. The maximum absolute atomic E-state index is 11.8. The van der Waals surface area contributed by atoms with Crippen LogP contribution in [-0.2, 0) is 11.2 Å². The molecule has 1 aromatic carbocycles. The Morgan fingerprint density at radius 1 is 1.15 bits per heavy atom. The van der Waals surface area contributed by atoms with Crippen molar-refractivity contribution in [3.8, 4) is 0 Å². The van der Waals surface area contributed by atoms with Crippen LogP contribution in [0.3, 0.4) is 0 Å². The van der Waals surface area contributed by atoms with Crippen LogP contribution in [0.25, 0.3) is 0 Å². The number of hydrogen-bond acceptors (Lipinski definition) is 3. The molecule has 0 amide bonds. The lowest BCUT2D eigenvalue weighted by atomic mass is 9.79. The van der Waals surface area contributed by atoms with E-state index in [0.717, 1.165) is 6.42 Å². The molecule has 2 aliphatic rings. The van der Waals surface area contributed by atoms with Crippen LogP contribution < -0.4 is 5.43 Å². The summed E-state index contributed by atoms with van der Waals surface area (Å²) in [4.78, 5) is 11.8. The molecule has 0 bridgehead atoms. The van der Waals surface area contributed by atoms with E-state index in [1.165, 1.54) is 61.1 Å². The second-order valence-corrected chi connectivity index (χ2v) is 8.08. The van der Waals surface area contributed by atoms with Gasteiger partial charge in [-0.1, -0.05) is 57.4 Å². The molecule has 3 rings (SSSR count). The first-order chi connectivity index (χ1) is 12.6. The molecule has 0 spiro atoms. The Kier molecular flexibility index (Phi) is 6.29. The average Bonchev–Trinajstić information content (AvgIpc) is 2.61. The fraction of sp³-hybridized carbons (Fsp3) is 0.565. The van der Waals surface area contributed by atoms with Gasteiger partial charge in [-0.3, -0.25) is 10.2 Å². The van der Waals surface area contributed by atoms with Crippen LogP contribution >= 0.6 is 0 Å². The number of Topliss-reactive ketones (excluding diaryl/α,β-unsaturated/α-hetero) is 1. The first kappa shape index (κ1) is 18.9. The fourth-order valence-electron chi connectivity index (χ4n) is 4.07. The highest BCUT2D eigenvalue weighted by atomic mass is 16.1. The van der Waals surface area contributed by atoms with Crippen molar-refractivity contribution in [2.45, 2.75) is 72.1 Å². The molecule has 0 saturated heterocycles. The Labute approximate surface area is 158 Å². The minimum absolute atomic E-state index is 0.129. The summed E-state index contributed by atoms with van der Waals surface area (Å²) in [7, 11) is 0. The molecule has 140 valence electrons. The Balaban J connectivity index is 1.73. The van der Waals surface area contributed by atoms with Gasteiger partial charge in [0, 0.05) is 24.0 Å². The Bertz CT molecular complexity index is 697. The summed E-state index contributed by atoms with van der Waals surface area (Å²) >= 11 is 0. The third-order valence-corrected chi connectivity index (χ3v) is 5.82. The fourth-order valence-corrected chi connectivity index (χ4v) is 4.07. The number of fused-ring (bicyclic) bond motifs is 1. The van der Waals surface area contributed by atoms with Gasteiger partial charge in [0.2, 0.25) is 0 Å². The highest BCUT2D eigenvalue weighted by Crippen LogP contribution is 2.34. The molecule has 26 heavy (non-hydrogen) atoms. The zero-order valence-electron chi connectivity index (χ0n) is 16.5. The van der Waals surface area contributed by atoms with Crippen LogP contribution in [0.5, 0.6) is 0 Å². The number of nitrogens with one attached hydrogen (secondary N) is 1. The number of allylic oxidation sites excluding steroid dienone is 2. The van der Waals surface area contributed by atoms with Gasteiger partial charge in [-0.2, -0.15) is 5.10 Å². The van der Waals surface area contributed by atoms with Gasteiger partial charge in [0.15, 0.2) is 0 Å². The third-order valence-electron chi connectivity index (χ3n) is 5.82. The standard InChI is InChI=1S/C23H32N2O/c1-16(2)22(26)15-12-18-10-13-19(14-11-18)23-21-9-7-5-4-6-8-20(21)17(3)24-25-23/h10-11,13-14,16,21,24H,4-9,12,15H2,1-3H3. The van der Waals surface area contributed by atoms with Gasteiger partial charge in [-0.15, -0.1) is 0 Å². The van der Waals surface area contributed by atoms with Gasteiger partial charge in [-0.25, -0.2) is 0 Å². The summed E-state index contributed by atoms with van der Waals surface area (Å²) in [5.41, 5.74) is 9.72. The number of rotatable bonds is 5. The summed E-state index contributed by atoms with van der Waals surface area (Å²) in [6.45, 7) is 6.11. The van der Waals surface area contributed by atoms with Crippen molar-refractivity contribution in [2.24, 2.45) is 16.9 Å². The van der Waals surface area contributed by atoms with Crippen LogP contribution in [0, 0.1) is 11.8 Å². The van der Waals surface area contributed by atoms with E-state index < -0.39 is 0 Å². The molecule has 1 saturated carbocycles. The Morgan fingerprint density at radius 3 is 2.62 bits per heavy atom. The van der Waals surface area contributed by atoms with E-state index in [4.69, 9.17) is 5.10 Å². The molecule has 1 unspecified atom stereocenters. The number of carbonyl (C=O) groups excluding carboxylic acids is 1. The van der Waals surface area contributed by atoms with E-state index in [1.807, 2.05) is 13.8 Å². The van der Waals surface area contributed by atoms with Crippen molar-refractivity contribution in [3.63, 3.8) is 0 Å². The third kappa shape index (κ3) is 4.44. The number of hydrogen-bond donors (Lipinski definition) is 1. The van der Waals surface area contributed by atoms with Gasteiger partial charge in [-0.05, 0) is 49.3 Å². The minimum Gasteiger partial charge on any atom is -0.299 e. The van der Waals surface area contributed by atoms with Gasteiger partial charge >= 0.3 is 0 Å². The van der Waals surface area contributed by atoms with Crippen molar-refractivity contribution in [2.75, 3.05) is 0 Å². The predicted molar refractivity (Wildman–Crippen MR) is 108 cm³/mol. The largest absolute Gasteiger partial charge is 0.299 e. The van der Waals surface area contributed by atoms with Crippen molar-refractivity contribution in [1.82, 2.24) is 5.43 Å². The molecule has 1 aliphatic heterocycles. The predicted octanol–water partition coefficient (Wildman–Crippen LogP) is 5.40. The minimum atomic E-state index is 0.129. The molecule has 3 heteroatoms. The maximum atomic E-state index is 11.8. The lowest BCUT2D eigenvalue weighted by molar-refractivity contribution is -0.121. The van der Waals surface area contributed by atoms with Crippen molar-refractivity contribution in [3.05, 3.63) is 46.7 Å². The second kappa shape index (κ2) is 8.66. The SMILES string of the molecule is CC1=C2CCCCCCC2C(c2ccc(CCC(=O)C(C)C)cc2)=NN1. The van der Waals surface area contributed by atoms with E-state index >= 15 is 0 Å². The number of aryl methyl sites for hydroxylation is 1. The highest BCUT2D eigenvalue weighted by Gasteiger charge is 2.27. The number of hydrazone groups is 1. The lowest BCUT2D eigenvalue weighted by Gasteiger charge is -2.30.